The summed E-state index contributed by atoms with van der Waals surface area (Å²) in [6.07, 6.45) is 1.77. The van der Waals surface area contributed by atoms with Gasteiger partial charge in [-0.25, -0.2) is 14.0 Å². The molecule has 0 amide bonds. The van der Waals surface area contributed by atoms with Crippen LogP contribution >= 0.6 is 11.6 Å². The summed E-state index contributed by atoms with van der Waals surface area (Å²) in [5.74, 6) is 0.316. The highest BCUT2D eigenvalue weighted by molar-refractivity contribution is 7.91. The maximum absolute atomic E-state index is 12.0. The summed E-state index contributed by atoms with van der Waals surface area (Å²) in [5.41, 5.74) is 2.26. The zero-order valence-corrected chi connectivity index (χ0v) is 16.7. The zero-order chi connectivity index (χ0) is 19.3. The minimum atomic E-state index is -3.08. The lowest BCUT2D eigenvalue weighted by molar-refractivity contribution is 0.353. The number of aromatic nitrogens is 3. The van der Waals surface area contributed by atoms with Gasteiger partial charge in [-0.15, -0.1) is 0 Å². The van der Waals surface area contributed by atoms with E-state index in [1.807, 2.05) is 13.0 Å². The molecule has 0 bridgehead atoms. The van der Waals surface area contributed by atoms with Crippen molar-refractivity contribution >= 4 is 21.3 Å². The van der Waals surface area contributed by atoms with Gasteiger partial charge in [0.25, 0.3) is 5.88 Å². The molecule has 2 aromatic heterocycles. The highest BCUT2D eigenvalue weighted by Gasteiger charge is 2.20. The molecular formula is C16H22ClN5O3S. The average Bonchev–Trinajstić information content (AvgIpc) is 2.56. The lowest BCUT2D eigenvalue weighted by Gasteiger charge is -2.13. The van der Waals surface area contributed by atoms with Crippen molar-refractivity contribution in [2.45, 2.75) is 24.9 Å². The molecule has 0 aliphatic rings. The van der Waals surface area contributed by atoms with E-state index in [2.05, 4.69) is 20.3 Å². The summed E-state index contributed by atoms with van der Waals surface area (Å²) in [6, 6.07) is 3.61. The number of hydrogen-bond acceptors (Lipinski definition) is 8. The van der Waals surface area contributed by atoms with E-state index in [0.717, 1.165) is 11.4 Å². The molecule has 26 heavy (non-hydrogen) atoms. The number of nitrogens with one attached hydrogen (secondary N) is 2. The topological polar surface area (TPSA) is 110 Å². The molecule has 2 N–H and O–H groups in total. The van der Waals surface area contributed by atoms with E-state index in [1.54, 1.807) is 6.07 Å². The molecule has 0 saturated carbocycles. The van der Waals surface area contributed by atoms with Crippen molar-refractivity contribution in [2.24, 2.45) is 0 Å². The van der Waals surface area contributed by atoms with Gasteiger partial charge in [-0.3, -0.25) is 4.98 Å². The van der Waals surface area contributed by atoms with Crippen molar-refractivity contribution in [3.8, 4) is 11.8 Å². The largest absolute Gasteiger partial charge is 0.480 e. The van der Waals surface area contributed by atoms with Gasteiger partial charge in [0.05, 0.1) is 29.6 Å². The predicted octanol–water partition coefficient (Wildman–Crippen LogP) is 2.22. The number of pyridine rings is 1. The molecule has 1 unspecified atom stereocenters. The van der Waals surface area contributed by atoms with Crippen molar-refractivity contribution in [1.29, 1.82) is 4.78 Å². The van der Waals surface area contributed by atoms with Crippen LogP contribution in [0.25, 0.3) is 0 Å². The van der Waals surface area contributed by atoms with Gasteiger partial charge < -0.3 is 14.8 Å². The normalized spacial score (nSPS) is 13.3. The van der Waals surface area contributed by atoms with Crippen molar-refractivity contribution in [3.63, 3.8) is 0 Å². The Balaban J connectivity index is 2.09. The minimum Gasteiger partial charge on any atom is -0.480 e. The van der Waals surface area contributed by atoms with E-state index in [0.29, 0.717) is 30.2 Å². The minimum absolute atomic E-state index is 0.0211. The summed E-state index contributed by atoms with van der Waals surface area (Å²) < 4.78 is 30.1. The van der Waals surface area contributed by atoms with Crippen LogP contribution in [0.4, 0.5) is 0 Å². The molecule has 2 rings (SSSR count). The second kappa shape index (κ2) is 8.61. The van der Waals surface area contributed by atoms with Crippen LogP contribution in [-0.2, 0) is 22.7 Å². The van der Waals surface area contributed by atoms with Crippen LogP contribution in [0, 0.1) is 11.7 Å². The van der Waals surface area contributed by atoms with Crippen LogP contribution in [0.3, 0.4) is 0 Å². The van der Waals surface area contributed by atoms with E-state index in [9.17, 15) is 4.21 Å². The Bertz CT molecular complexity index is 869. The Hall–Kier alpha value is -1.97. The summed E-state index contributed by atoms with van der Waals surface area (Å²) in [5, 5.41) is 3.89. The molecule has 1 atom stereocenters. The third-order valence-electron chi connectivity index (χ3n) is 3.44. The first kappa shape index (κ1) is 20.3. The Morgan fingerprint density at radius 1 is 1.19 bits per heavy atom. The quantitative estimate of drug-likeness (QED) is 0.654. The van der Waals surface area contributed by atoms with E-state index in [4.69, 9.17) is 25.9 Å². The molecule has 0 saturated heterocycles. The second-order valence-electron chi connectivity index (χ2n) is 5.68. The first-order valence-corrected chi connectivity index (χ1v) is 10.2. The lowest BCUT2D eigenvalue weighted by Crippen LogP contribution is -2.19. The fourth-order valence-electron chi connectivity index (χ4n) is 2.34. The first-order valence-electron chi connectivity index (χ1n) is 7.81. The monoisotopic (exact) mass is 399 g/mol. The van der Waals surface area contributed by atoms with Crippen LogP contribution in [-0.4, -0.2) is 46.2 Å². The van der Waals surface area contributed by atoms with E-state index < -0.39 is 9.73 Å². The molecule has 10 heteroatoms. The third kappa shape index (κ3) is 5.26. The number of aryl methyl sites for hydroxylation is 1. The zero-order valence-electron chi connectivity index (χ0n) is 15.1. The summed E-state index contributed by atoms with van der Waals surface area (Å²) >= 11 is 6.03. The average molecular weight is 400 g/mol. The lowest BCUT2D eigenvalue weighted by atomic mass is 10.3. The Morgan fingerprint density at radius 3 is 2.46 bits per heavy atom. The predicted molar refractivity (Wildman–Crippen MR) is 99.6 cm³/mol. The highest BCUT2D eigenvalue weighted by atomic mass is 35.5. The first-order chi connectivity index (χ1) is 12.2. The van der Waals surface area contributed by atoms with Crippen molar-refractivity contribution in [2.75, 3.05) is 27.0 Å². The fraction of sp³-hybridized carbons (Fsp3) is 0.438. The van der Waals surface area contributed by atoms with Gasteiger partial charge in [0, 0.05) is 36.5 Å². The van der Waals surface area contributed by atoms with Crippen LogP contribution in [0.15, 0.2) is 17.2 Å². The Labute approximate surface area is 158 Å². The van der Waals surface area contributed by atoms with Gasteiger partial charge in [0.1, 0.15) is 5.69 Å². The summed E-state index contributed by atoms with van der Waals surface area (Å²) in [6.45, 7) is 3.03. The van der Waals surface area contributed by atoms with Gasteiger partial charge in [-0.2, -0.15) is 4.98 Å². The van der Waals surface area contributed by atoms with Crippen LogP contribution in [0.2, 0.25) is 5.02 Å². The number of halogens is 1. The smallest absolute Gasteiger partial charge is 0.250 e. The number of ether oxygens (including phenoxy) is 2. The standard InChI is InChI=1S/C16H22ClN5O3S/c1-10-7-11(17)8-12(20-10)9-19-6-5-13-14(24-2)22-16(26(4,18)23)15(21-13)25-3/h7-8,18-19H,5-6,9H2,1-4H3. The summed E-state index contributed by atoms with van der Waals surface area (Å²) in [7, 11) is -0.221. The molecule has 0 aliphatic heterocycles. The van der Waals surface area contributed by atoms with Gasteiger partial charge in [-0.1, -0.05) is 11.6 Å². The number of methoxy groups -OCH3 is 2. The SMILES string of the molecule is COc1nc(S(C)(=N)=O)c(OC)nc1CCNCc1cc(Cl)cc(C)n1. The number of hydrogen-bond donors (Lipinski definition) is 2. The van der Waals surface area contributed by atoms with Gasteiger partial charge in [-0.05, 0) is 19.1 Å². The van der Waals surface area contributed by atoms with Crippen molar-refractivity contribution < 1.29 is 13.7 Å². The van der Waals surface area contributed by atoms with Gasteiger partial charge in [0.2, 0.25) is 10.9 Å². The molecule has 0 radical (unpaired) electrons. The van der Waals surface area contributed by atoms with Crippen molar-refractivity contribution in [1.82, 2.24) is 20.3 Å². The van der Waals surface area contributed by atoms with Crippen LogP contribution in [0.5, 0.6) is 11.8 Å². The van der Waals surface area contributed by atoms with E-state index in [-0.39, 0.29) is 16.8 Å². The highest BCUT2D eigenvalue weighted by Crippen LogP contribution is 2.25. The Kier molecular flexibility index (Phi) is 6.74. The van der Waals surface area contributed by atoms with Gasteiger partial charge in [0.15, 0.2) is 0 Å². The maximum Gasteiger partial charge on any atom is 0.250 e. The molecule has 0 aliphatic carbocycles. The van der Waals surface area contributed by atoms with Gasteiger partial charge >= 0.3 is 0 Å². The molecule has 0 spiro atoms. The molecule has 2 aromatic rings. The van der Waals surface area contributed by atoms with Crippen LogP contribution in [0.1, 0.15) is 17.1 Å². The second-order valence-corrected chi connectivity index (χ2v) is 8.19. The molecule has 142 valence electrons. The molecular weight excluding hydrogens is 378 g/mol. The summed E-state index contributed by atoms with van der Waals surface area (Å²) in [4.78, 5) is 12.9. The molecule has 8 nitrogen and oxygen atoms in total. The van der Waals surface area contributed by atoms with E-state index >= 15 is 0 Å². The maximum atomic E-state index is 12.0. The number of rotatable bonds is 8. The molecule has 0 aromatic carbocycles. The van der Waals surface area contributed by atoms with Crippen LogP contribution < -0.4 is 14.8 Å². The Morgan fingerprint density at radius 2 is 1.88 bits per heavy atom. The van der Waals surface area contributed by atoms with Crippen molar-refractivity contribution in [3.05, 3.63) is 34.2 Å². The molecule has 2 heterocycles. The third-order valence-corrected chi connectivity index (χ3v) is 4.66. The fourth-order valence-corrected chi connectivity index (χ4v) is 3.34. The number of nitrogens with zero attached hydrogens (tertiary/aromatic N) is 3. The molecule has 0 fully saturated rings. The van der Waals surface area contributed by atoms with E-state index in [1.165, 1.54) is 20.5 Å².